The molecule has 2 aromatic heterocycles. The van der Waals surface area contributed by atoms with E-state index in [0.29, 0.717) is 5.56 Å². The van der Waals surface area contributed by atoms with Crippen LogP contribution < -0.4 is 5.56 Å². The summed E-state index contributed by atoms with van der Waals surface area (Å²) in [7, 11) is 4.05. The van der Waals surface area contributed by atoms with Crippen LogP contribution in [0.4, 0.5) is 0 Å². The first-order chi connectivity index (χ1) is 11.4. The Labute approximate surface area is 136 Å². The minimum Gasteiger partial charge on any atom is -0.506 e. The number of pyridine rings is 1. The van der Waals surface area contributed by atoms with E-state index < -0.39 is 29.2 Å². The number of nitrogens with one attached hydrogen (secondary N) is 1. The maximum absolute atomic E-state index is 12.2. The van der Waals surface area contributed by atoms with Crippen LogP contribution in [0.5, 0.6) is 5.75 Å². The third kappa shape index (κ3) is 3.29. The van der Waals surface area contributed by atoms with Gasteiger partial charge in [0.05, 0.1) is 32.4 Å². The van der Waals surface area contributed by atoms with Crippen LogP contribution in [0.15, 0.2) is 23.4 Å². The van der Waals surface area contributed by atoms with E-state index in [2.05, 4.69) is 19.6 Å². The van der Waals surface area contributed by atoms with Gasteiger partial charge in [0.1, 0.15) is 11.3 Å². The number of rotatable bonds is 5. The molecular formula is C15H17N3O6. The molecule has 0 aliphatic carbocycles. The number of aromatic amines is 1. The van der Waals surface area contributed by atoms with Crippen molar-refractivity contribution in [2.75, 3.05) is 14.2 Å². The highest BCUT2D eigenvalue weighted by Crippen LogP contribution is 2.33. The second-order valence-electron chi connectivity index (χ2n) is 5.07. The van der Waals surface area contributed by atoms with Crippen LogP contribution in [0, 0.1) is 0 Å². The zero-order valence-corrected chi connectivity index (χ0v) is 13.4. The van der Waals surface area contributed by atoms with E-state index in [4.69, 9.17) is 0 Å². The number of methoxy groups -OCH3 is 2. The van der Waals surface area contributed by atoms with Gasteiger partial charge in [-0.3, -0.25) is 14.3 Å². The van der Waals surface area contributed by atoms with E-state index in [9.17, 15) is 19.5 Å². The molecule has 2 N–H and O–H groups in total. The number of aryl methyl sites for hydroxylation is 1. The molecule has 0 bridgehead atoms. The minimum atomic E-state index is -0.834. The van der Waals surface area contributed by atoms with Gasteiger partial charge in [0.25, 0.3) is 5.56 Å². The number of ether oxygens (including phenoxy) is 2. The van der Waals surface area contributed by atoms with E-state index >= 15 is 0 Å². The van der Waals surface area contributed by atoms with Crippen molar-refractivity contribution in [1.82, 2.24) is 14.8 Å². The molecule has 0 aliphatic rings. The lowest BCUT2D eigenvalue weighted by molar-refractivity contribution is -0.140. The first-order valence-electron chi connectivity index (χ1n) is 6.97. The lowest BCUT2D eigenvalue weighted by Crippen LogP contribution is -2.21. The first-order valence-corrected chi connectivity index (χ1v) is 6.97. The SMILES string of the molecule is COC(=O)C[C@H](c1cnn(C)c1)c1c(O)c(C(=O)OC)c[nH]c1=O. The van der Waals surface area contributed by atoms with Gasteiger partial charge in [0, 0.05) is 25.4 Å². The molecule has 0 radical (unpaired) electrons. The van der Waals surface area contributed by atoms with Gasteiger partial charge < -0.3 is 19.6 Å². The number of nitrogens with zero attached hydrogens (tertiary/aromatic N) is 2. The third-order valence-corrected chi connectivity index (χ3v) is 3.58. The van der Waals surface area contributed by atoms with Gasteiger partial charge in [-0.25, -0.2) is 4.79 Å². The van der Waals surface area contributed by atoms with Crippen LogP contribution in [0.1, 0.15) is 33.8 Å². The van der Waals surface area contributed by atoms with Crippen molar-refractivity contribution in [3.8, 4) is 5.75 Å². The molecule has 0 aliphatic heterocycles. The summed E-state index contributed by atoms with van der Waals surface area (Å²) in [6.07, 6.45) is 3.93. The van der Waals surface area contributed by atoms with Gasteiger partial charge in [-0.15, -0.1) is 0 Å². The highest BCUT2D eigenvalue weighted by Gasteiger charge is 2.29. The molecule has 9 heteroatoms. The van der Waals surface area contributed by atoms with Crippen molar-refractivity contribution in [3.63, 3.8) is 0 Å². The summed E-state index contributed by atoms with van der Waals surface area (Å²) in [5.74, 6) is -2.76. The summed E-state index contributed by atoms with van der Waals surface area (Å²) in [6, 6.07) is 0. The molecular weight excluding hydrogens is 318 g/mol. The van der Waals surface area contributed by atoms with Crippen molar-refractivity contribution in [2.45, 2.75) is 12.3 Å². The molecule has 2 rings (SSSR count). The zero-order chi connectivity index (χ0) is 17.9. The van der Waals surface area contributed by atoms with Crippen LogP contribution in [-0.4, -0.2) is 46.0 Å². The maximum atomic E-state index is 12.2. The fraction of sp³-hybridized carbons (Fsp3) is 0.333. The topological polar surface area (TPSA) is 124 Å². The number of aromatic hydroxyl groups is 1. The molecule has 0 saturated carbocycles. The Hall–Kier alpha value is -3.10. The summed E-state index contributed by atoms with van der Waals surface area (Å²) < 4.78 is 10.7. The summed E-state index contributed by atoms with van der Waals surface area (Å²) in [5.41, 5.74) is -0.439. The number of hydrogen-bond acceptors (Lipinski definition) is 7. The van der Waals surface area contributed by atoms with Crippen molar-refractivity contribution >= 4 is 11.9 Å². The molecule has 0 saturated heterocycles. The van der Waals surface area contributed by atoms with E-state index in [1.54, 1.807) is 13.2 Å². The predicted octanol–water partition coefficient (Wildman–Crippen LogP) is 0.296. The normalized spacial score (nSPS) is 11.8. The van der Waals surface area contributed by atoms with Crippen molar-refractivity contribution in [2.24, 2.45) is 7.05 Å². The predicted molar refractivity (Wildman–Crippen MR) is 81.8 cm³/mol. The van der Waals surface area contributed by atoms with E-state index in [0.717, 1.165) is 13.3 Å². The molecule has 0 amide bonds. The van der Waals surface area contributed by atoms with Gasteiger partial charge in [-0.2, -0.15) is 5.10 Å². The molecule has 1 atom stereocenters. The Kier molecular flexibility index (Phi) is 5.02. The summed E-state index contributed by atoms with van der Waals surface area (Å²) >= 11 is 0. The Balaban J connectivity index is 2.63. The third-order valence-electron chi connectivity index (χ3n) is 3.58. The van der Waals surface area contributed by atoms with Crippen molar-refractivity contribution in [1.29, 1.82) is 0 Å². The van der Waals surface area contributed by atoms with Crippen LogP contribution in [0.2, 0.25) is 0 Å². The monoisotopic (exact) mass is 335 g/mol. The number of H-pyrrole nitrogens is 1. The number of carbonyl (C=O) groups excluding carboxylic acids is 2. The smallest absolute Gasteiger partial charge is 0.343 e. The lowest BCUT2D eigenvalue weighted by atomic mass is 9.89. The van der Waals surface area contributed by atoms with Crippen molar-refractivity contribution < 1.29 is 24.2 Å². The maximum Gasteiger partial charge on any atom is 0.343 e. The zero-order valence-electron chi connectivity index (χ0n) is 13.4. The van der Waals surface area contributed by atoms with Crippen LogP contribution in [0.3, 0.4) is 0 Å². The molecule has 24 heavy (non-hydrogen) atoms. The fourth-order valence-corrected chi connectivity index (χ4v) is 2.38. The summed E-state index contributed by atoms with van der Waals surface area (Å²) in [4.78, 5) is 38.1. The standard InChI is InChI=1S/C15H17N3O6/c1-18-7-8(5-17-18)9(4-11(19)23-2)12-13(20)10(15(22)24-3)6-16-14(12)21/h5-7,9H,4H2,1-3H3,(H2,16,20,21)/t9-/m1/s1. The molecule has 0 spiro atoms. The molecule has 2 heterocycles. The van der Waals surface area contributed by atoms with E-state index in [-0.39, 0.29) is 17.5 Å². The highest BCUT2D eigenvalue weighted by molar-refractivity contribution is 5.92. The lowest BCUT2D eigenvalue weighted by Gasteiger charge is -2.16. The summed E-state index contributed by atoms with van der Waals surface area (Å²) in [6.45, 7) is 0. The number of hydrogen-bond donors (Lipinski definition) is 2. The second kappa shape index (κ2) is 6.99. The van der Waals surface area contributed by atoms with Crippen molar-refractivity contribution in [3.05, 3.63) is 45.6 Å². The van der Waals surface area contributed by atoms with Gasteiger partial charge >= 0.3 is 11.9 Å². The van der Waals surface area contributed by atoms with Gasteiger partial charge in [0.2, 0.25) is 0 Å². The van der Waals surface area contributed by atoms with Crippen LogP contribution in [-0.2, 0) is 21.3 Å². The Morgan fingerprint density at radius 2 is 2.08 bits per heavy atom. The Bertz CT molecular complexity index is 823. The number of esters is 2. The molecule has 9 nitrogen and oxygen atoms in total. The van der Waals surface area contributed by atoms with Gasteiger partial charge in [-0.1, -0.05) is 0 Å². The molecule has 0 unspecified atom stereocenters. The molecule has 128 valence electrons. The fourth-order valence-electron chi connectivity index (χ4n) is 2.38. The number of carbonyl (C=O) groups is 2. The summed E-state index contributed by atoms with van der Waals surface area (Å²) in [5, 5.41) is 14.4. The average molecular weight is 335 g/mol. The average Bonchev–Trinajstić information content (AvgIpc) is 2.99. The van der Waals surface area contributed by atoms with Crippen LogP contribution in [0.25, 0.3) is 0 Å². The number of aromatic nitrogens is 3. The van der Waals surface area contributed by atoms with Crippen LogP contribution >= 0.6 is 0 Å². The molecule has 2 aromatic rings. The largest absolute Gasteiger partial charge is 0.506 e. The highest BCUT2D eigenvalue weighted by atomic mass is 16.5. The molecule has 0 fully saturated rings. The van der Waals surface area contributed by atoms with Gasteiger partial charge in [0.15, 0.2) is 0 Å². The quantitative estimate of drug-likeness (QED) is 0.753. The van der Waals surface area contributed by atoms with Gasteiger partial charge in [-0.05, 0) is 5.56 Å². The minimum absolute atomic E-state index is 0.128. The van der Waals surface area contributed by atoms with E-state index in [1.165, 1.54) is 18.0 Å². The Morgan fingerprint density at radius 3 is 2.62 bits per heavy atom. The Morgan fingerprint density at radius 1 is 1.38 bits per heavy atom. The molecule has 0 aromatic carbocycles. The van der Waals surface area contributed by atoms with E-state index in [1.807, 2.05) is 0 Å². The second-order valence-corrected chi connectivity index (χ2v) is 5.07. The first kappa shape index (κ1) is 17.3.